The Morgan fingerprint density at radius 2 is 2.24 bits per heavy atom. The summed E-state index contributed by atoms with van der Waals surface area (Å²) in [6.45, 7) is 2.53. The van der Waals surface area contributed by atoms with E-state index in [1.54, 1.807) is 0 Å². The number of hydrogen-bond acceptors (Lipinski definition) is 5. The van der Waals surface area contributed by atoms with E-state index in [0.717, 1.165) is 12.8 Å². The first kappa shape index (κ1) is 13.5. The quantitative estimate of drug-likeness (QED) is 0.629. The van der Waals surface area contributed by atoms with Crippen molar-refractivity contribution in [2.45, 2.75) is 31.7 Å². The van der Waals surface area contributed by atoms with Crippen molar-refractivity contribution in [3.05, 3.63) is 11.6 Å². The van der Waals surface area contributed by atoms with Crippen molar-refractivity contribution >= 4 is 17.8 Å². The molecule has 3 N–H and O–H groups in total. The molecule has 0 aromatic carbocycles. The van der Waals surface area contributed by atoms with E-state index in [-0.39, 0.29) is 24.2 Å². The lowest BCUT2D eigenvalue weighted by molar-refractivity contribution is -0.123. The van der Waals surface area contributed by atoms with Gasteiger partial charge in [-0.2, -0.15) is 0 Å². The highest BCUT2D eigenvalue weighted by Gasteiger charge is 2.52. The van der Waals surface area contributed by atoms with Gasteiger partial charge in [-0.05, 0) is 12.8 Å². The van der Waals surface area contributed by atoms with Crippen LogP contribution < -0.4 is 10.6 Å². The average Bonchev–Trinajstić information content (AvgIpc) is 3.11. The van der Waals surface area contributed by atoms with Gasteiger partial charge in [0.15, 0.2) is 0 Å². The summed E-state index contributed by atoms with van der Waals surface area (Å²) in [5.74, 6) is 0.0470. The zero-order valence-corrected chi connectivity index (χ0v) is 11.6. The van der Waals surface area contributed by atoms with E-state index in [4.69, 9.17) is 0 Å². The minimum atomic E-state index is -1.00. The molecule has 9 heteroatoms. The number of H-pyrrole nitrogens is 1. The van der Waals surface area contributed by atoms with Crippen LogP contribution in [0.2, 0.25) is 0 Å². The van der Waals surface area contributed by atoms with Crippen molar-refractivity contribution < 1.29 is 14.4 Å². The first-order valence-electron chi connectivity index (χ1n) is 6.88. The molecule has 1 atom stereocenters. The summed E-state index contributed by atoms with van der Waals surface area (Å²) in [4.78, 5) is 41.1. The van der Waals surface area contributed by atoms with E-state index in [2.05, 4.69) is 25.8 Å². The van der Waals surface area contributed by atoms with Crippen LogP contribution in [0.25, 0.3) is 0 Å². The molecule has 2 fully saturated rings. The van der Waals surface area contributed by atoms with E-state index in [0.29, 0.717) is 18.8 Å². The fourth-order valence-corrected chi connectivity index (χ4v) is 2.68. The second-order valence-electron chi connectivity index (χ2n) is 5.32. The third-order valence-electron chi connectivity index (χ3n) is 3.78. The van der Waals surface area contributed by atoms with Gasteiger partial charge in [0, 0.05) is 13.0 Å². The maximum absolute atomic E-state index is 12.3. The number of carbonyl (C=O) groups is 3. The molecule has 2 saturated heterocycles. The maximum atomic E-state index is 12.3. The summed E-state index contributed by atoms with van der Waals surface area (Å²) < 4.78 is 0. The number of carbonyl (C=O) groups excluding carboxylic acids is 3. The number of nitrogens with one attached hydrogen (secondary N) is 3. The van der Waals surface area contributed by atoms with Crippen LogP contribution in [0.5, 0.6) is 0 Å². The molecule has 9 nitrogen and oxygen atoms in total. The lowest BCUT2D eigenvalue weighted by Gasteiger charge is -2.20. The molecule has 0 aliphatic carbocycles. The number of aryl methyl sites for hydroxylation is 1. The van der Waals surface area contributed by atoms with Crippen LogP contribution in [0.1, 0.15) is 36.2 Å². The van der Waals surface area contributed by atoms with Crippen LogP contribution in [-0.4, -0.2) is 56.6 Å². The number of amides is 4. The molecule has 112 valence electrons. The van der Waals surface area contributed by atoms with Gasteiger partial charge in [0.05, 0.1) is 6.54 Å². The molecule has 21 heavy (non-hydrogen) atoms. The van der Waals surface area contributed by atoms with Crippen molar-refractivity contribution in [3.63, 3.8) is 0 Å². The number of urea groups is 1. The standard InChI is InChI=1S/C12H16N6O3/c1-2-3-7-13-8(17-16-7)9(19)18-5-4-12(6-18)10(20)14-11(21)15-12/h2-6H2,1H3,(H,13,16,17)(H2,14,15,20,21). The van der Waals surface area contributed by atoms with Gasteiger partial charge in [-0.25, -0.2) is 9.78 Å². The molecule has 1 unspecified atom stereocenters. The number of aromatic amines is 1. The van der Waals surface area contributed by atoms with Crippen LogP contribution in [0.4, 0.5) is 4.79 Å². The average molecular weight is 292 g/mol. The zero-order chi connectivity index (χ0) is 15.0. The molecule has 0 saturated carbocycles. The Balaban J connectivity index is 1.72. The van der Waals surface area contributed by atoms with Gasteiger partial charge < -0.3 is 10.2 Å². The van der Waals surface area contributed by atoms with Gasteiger partial charge in [0.25, 0.3) is 11.8 Å². The van der Waals surface area contributed by atoms with E-state index in [1.165, 1.54) is 4.90 Å². The minimum absolute atomic E-state index is 0.0974. The van der Waals surface area contributed by atoms with Crippen molar-refractivity contribution in [1.82, 2.24) is 30.7 Å². The van der Waals surface area contributed by atoms with Gasteiger partial charge in [0.2, 0.25) is 5.82 Å². The third-order valence-corrected chi connectivity index (χ3v) is 3.78. The predicted octanol–water partition coefficient (Wildman–Crippen LogP) is -0.819. The van der Waals surface area contributed by atoms with Gasteiger partial charge in [-0.15, -0.1) is 5.10 Å². The van der Waals surface area contributed by atoms with Crippen LogP contribution >= 0.6 is 0 Å². The first-order chi connectivity index (χ1) is 10.0. The summed E-state index contributed by atoms with van der Waals surface area (Å²) in [5, 5.41) is 11.4. The van der Waals surface area contributed by atoms with Crippen molar-refractivity contribution in [2.24, 2.45) is 0 Å². The number of rotatable bonds is 3. The van der Waals surface area contributed by atoms with Crippen molar-refractivity contribution in [2.75, 3.05) is 13.1 Å². The number of aromatic nitrogens is 3. The highest BCUT2D eigenvalue weighted by atomic mass is 16.2. The lowest BCUT2D eigenvalue weighted by atomic mass is 10.00. The predicted molar refractivity (Wildman–Crippen MR) is 70.3 cm³/mol. The number of imide groups is 1. The van der Waals surface area contributed by atoms with Gasteiger partial charge in [-0.1, -0.05) is 6.92 Å². The second kappa shape index (κ2) is 4.83. The molecular weight excluding hydrogens is 276 g/mol. The monoisotopic (exact) mass is 292 g/mol. The number of nitrogens with zero attached hydrogens (tertiary/aromatic N) is 3. The van der Waals surface area contributed by atoms with E-state index < -0.39 is 11.6 Å². The van der Waals surface area contributed by atoms with Crippen LogP contribution in [0.3, 0.4) is 0 Å². The molecule has 0 radical (unpaired) electrons. The largest absolute Gasteiger partial charge is 0.333 e. The molecule has 0 bridgehead atoms. The van der Waals surface area contributed by atoms with E-state index in [1.807, 2.05) is 6.92 Å². The fraction of sp³-hybridized carbons (Fsp3) is 0.583. The maximum Gasteiger partial charge on any atom is 0.322 e. The minimum Gasteiger partial charge on any atom is -0.333 e. The Morgan fingerprint density at radius 1 is 1.43 bits per heavy atom. The molecule has 1 aromatic rings. The van der Waals surface area contributed by atoms with Crippen molar-refractivity contribution in [3.8, 4) is 0 Å². The highest BCUT2D eigenvalue weighted by Crippen LogP contribution is 2.25. The number of likely N-dealkylation sites (tertiary alicyclic amines) is 1. The summed E-state index contributed by atoms with van der Waals surface area (Å²) >= 11 is 0. The number of hydrogen-bond donors (Lipinski definition) is 3. The fourth-order valence-electron chi connectivity index (χ4n) is 2.68. The Kier molecular flexibility index (Phi) is 3.11. The summed E-state index contributed by atoms with van der Waals surface area (Å²) in [5.41, 5.74) is -1.00. The van der Waals surface area contributed by atoms with Crippen molar-refractivity contribution in [1.29, 1.82) is 0 Å². The Morgan fingerprint density at radius 3 is 2.90 bits per heavy atom. The highest BCUT2D eigenvalue weighted by molar-refractivity contribution is 6.08. The van der Waals surface area contributed by atoms with Gasteiger partial charge in [0.1, 0.15) is 11.4 Å². The zero-order valence-electron chi connectivity index (χ0n) is 11.6. The normalized spacial score (nSPS) is 24.5. The molecular formula is C12H16N6O3. The summed E-state index contributed by atoms with van der Waals surface area (Å²) in [7, 11) is 0. The molecule has 3 heterocycles. The van der Waals surface area contributed by atoms with Crippen LogP contribution in [-0.2, 0) is 11.2 Å². The molecule has 2 aliphatic heterocycles. The van der Waals surface area contributed by atoms with Gasteiger partial charge >= 0.3 is 6.03 Å². The topological polar surface area (TPSA) is 120 Å². The SMILES string of the molecule is CCCc1nc(C(=O)N2CCC3(C2)NC(=O)NC3=O)n[nH]1. The van der Waals surface area contributed by atoms with Crippen LogP contribution in [0, 0.1) is 0 Å². The Bertz CT molecular complexity index is 612. The third kappa shape index (κ3) is 2.24. The Hall–Kier alpha value is -2.45. The first-order valence-corrected chi connectivity index (χ1v) is 6.88. The van der Waals surface area contributed by atoms with Gasteiger partial charge in [-0.3, -0.25) is 20.0 Å². The molecule has 3 rings (SSSR count). The molecule has 1 aromatic heterocycles. The Labute approximate surface area is 120 Å². The molecule has 4 amide bonds. The molecule has 2 aliphatic rings. The lowest BCUT2D eigenvalue weighted by Crippen LogP contribution is -2.49. The second-order valence-corrected chi connectivity index (χ2v) is 5.32. The van der Waals surface area contributed by atoms with E-state index in [9.17, 15) is 14.4 Å². The van der Waals surface area contributed by atoms with E-state index >= 15 is 0 Å². The van der Waals surface area contributed by atoms with Crippen LogP contribution in [0.15, 0.2) is 0 Å². The summed E-state index contributed by atoms with van der Waals surface area (Å²) in [6.07, 6.45) is 2.02. The smallest absolute Gasteiger partial charge is 0.322 e. The summed E-state index contributed by atoms with van der Waals surface area (Å²) in [6, 6.07) is -0.516. The molecule has 1 spiro atoms.